The van der Waals surface area contributed by atoms with E-state index in [1.54, 1.807) is 0 Å². The predicted molar refractivity (Wildman–Crippen MR) is 68.8 cm³/mol. The van der Waals surface area contributed by atoms with E-state index in [1.807, 2.05) is 0 Å². The number of aliphatic hydroxyl groups excluding tert-OH is 1. The van der Waals surface area contributed by atoms with Crippen molar-refractivity contribution < 1.29 is 33.0 Å². The van der Waals surface area contributed by atoms with E-state index in [0.29, 0.717) is 30.6 Å². The van der Waals surface area contributed by atoms with Crippen molar-refractivity contribution in [2.45, 2.75) is 38.3 Å². The van der Waals surface area contributed by atoms with Gasteiger partial charge in [-0.1, -0.05) is 12.8 Å². The van der Waals surface area contributed by atoms with Crippen molar-refractivity contribution in [3.63, 3.8) is 0 Å². The highest BCUT2D eigenvalue weighted by atomic mass is 19.4. The number of rotatable bonds is 10. The van der Waals surface area contributed by atoms with Crippen LogP contribution in [0.4, 0.5) is 18.0 Å². The quantitative estimate of drug-likeness (QED) is 0.534. The van der Waals surface area contributed by atoms with E-state index < -0.39 is 31.3 Å². The summed E-state index contributed by atoms with van der Waals surface area (Å²) in [6.45, 7) is -2.12. The highest BCUT2D eigenvalue weighted by Crippen LogP contribution is 2.16. The van der Waals surface area contributed by atoms with Crippen molar-refractivity contribution in [3.05, 3.63) is 0 Å². The smallest absolute Gasteiger partial charge is 0.406 e. The maximum Gasteiger partial charge on any atom is 0.406 e. The standard InChI is InChI=1S/C12H21F3N2O4/c13-12(14,15)9-17(7-8-18)11(21)16-6-4-2-1-3-5-10(19)20/h18H,1-9H2,(H,16,21)(H,19,20). The zero-order chi connectivity index (χ0) is 16.3. The van der Waals surface area contributed by atoms with Crippen LogP contribution in [0.5, 0.6) is 0 Å². The Balaban J connectivity index is 3.85. The Kier molecular flexibility index (Phi) is 9.51. The lowest BCUT2D eigenvalue weighted by Gasteiger charge is -2.23. The second kappa shape index (κ2) is 10.3. The topological polar surface area (TPSA) is 89.9 Å². The fourth-order valence-corrected chi connectivity index (χ4v) is 1.65. The number of nitrogens with one attached hydrogen (secondary N) is 1. The molecule has 3 N–H and O–H groups in total. The second-order valence-corrected chi connectivity index (χ2v) is 4.55. The molecular weight excluding hydrogens is 293 g/mol. The van der Waals surface area contributed by atoms with Gasteiger partial charge in [-0.15, -0.1) is 0 Å². The molecule has 0 fully saturated rings. The number of alkyl halides is 3. The number of carbonyl (C=O) groups excluding carboxylic acids is 1. The molecule has 0 saturated carbocycles. The molecule has 0 aliphatic rings. The predicted octanol–water partition coefficient (Wildman–Crippen LogP) is 1.59. The number of aliphatic hydroxyl groups is 1. The molecule has 0 aromatic heterocycles. The number of nitrogens with zero attached hydrogens (tertiary/aromatic N) is 1. The summed E-state index contributed by atoms with van der Waals surface area (Å²) in [6, 6.07) is -0.869. The summed E-state index contributed by atoms with van der Waals surface area (Å²) >= 11 is 0. The molecule has 0 aromatic rings. The van der Waals surface area contributed by atoms with Crippen LogP contribution in [0.2, 0.25) is 0 Å². The molecule has 9 heteroatoms. The van der Waals surface area contributed by atoms with Crippen LogP contribution in [0.25, 0.3) is 0 Å². The van der Waals surface area contributed by atoms with Crippen LogP contribution < -0.4 is 5.32 Å². The number of amides is 2. The molecule has 0 spiro atoms. The lowest BCUT2D eigenvalue weighted by Crippen LogP contribution is -2.46. The van der Waals surface area contributed by atoms with E-state index in [0.717, 1.165) is 0 Å². The zero-order valence-corrected chi connectivity index (χ0v) is 11.7. The molecule has 124 valence electrons. The van der Waals surface area contributed by atoms with Gasteiger partial charge < -0.3 is 20.4 Å². The van der Waals surface area contributed by atoms with E-state index in [9.17, 15) is 22.8 Å². The number of halogens is 3. The van der Waals surface area contributed by atoms with Gasteiger partial charge in [-0.25, -0.2) is 4.79 Å². The van der Waals surface area contributed by atoms with Crippen LogP contribution in [0.1, 0.15) is 32.1 Å². The van der Waals surface area contributed by atoms with Crippen LogP contribution in [0.3, 0.4) is 0 Å². The Morgan fingerprint density at radius 1 is 1.10 bits per heavy atom. The van der Waals surface area contributed by atoms with Crippen LogP contribution in [-0.4, -0.2) is 59.5 Å². The molecule has 0 aliphatic carbocycles. The van der Waals surface area contributed by atoms with Gasteiger partial charge in [0.2, 0.25) is 0 Å². The van der Waals surface area contributed by atoms with Gasteiger partial charge >= 0.3 is 18.2 Å². The lowest BCUT2D eigenvalue weighted by atomic mass is 10.1. The molecular formula is C12H21F3N2O4. The van der Waals surface area contributed by atoms with Crippen molar-refractivity contribution in [1.29, 1.82) is 0 Å². The van der Waals surface area contributed by atoms with Crippen molar-refractivity contribution in [2.24, 2.45) is 0 Å². The van der Waals surface area contributed by atoms with Gasteiger partial charge in [0.05, 0.1) is 6.61 Å². The van der Waals surface area contributed by atoms with Gasteiger partial charge in [0.25, 0.3) is 0 Å². The Hall–Kier alpha value is -1.51. The minimum Gasteiger partial charge on any atom is -0.481 e. The number of aliphatic carboxylic acids is 1. The number of hydrogen-bond acceptors (Lipinski definition) is 3. The molecule has 0 aromatic carbocycles. The van der Waals surface area contributed by atoms with Crippen LogP contribution >= 0.6 is 0 Å². The molecule has 21 heavy (non-hydrogen) atoms. The molecule has 0 saturated heterocycles. The number of hydrogen-bond donors (Lipinski definition) is 3. The molecule has 0 aliphatic heterocycles. The summed E-state index contributed by atoms with van der Waals surface area (Å²) in [5.41, 5.74) is 0. The van der Waals surface area contributed by atoms with Crippen LogP contribution in [-0.2, 0) is 4.79 Å². The third-order valence-corrected chi connectivity index (χ3v) is 2.62. The SMILES string of the molecule is O=C(O)CCCCCCNC(=O)N(CCO)CC(F)(F)F. The third kappa shape index (κ3) is 12.0. The van der Waals surface area contributed by atoms with Crippen LogP contribution in [0, 0.1) is 0 Å². The van der Waals surface area contributed by atoms with Gasteiger partial charge in [0.1, 0.15) is 6.54 Å². The van der Waals surface area contributed by atoms with Gasteiger partial charge in [-0.2, -0.15) is 13.2 Å². The molecule has 0 rings (SSSR count). The average Bonchev–Trinajstić information content (AvgIpc) is 2.35. The normalized spacial score (nSPS) is 11.2. The molecule has 0 heterocycles. The first-order chi connectivity index (χ1) is 9.76. The highest BCUT2D eigenvalue weighted by Gasteiger charge is 2.32. The number of carboxylic acid groups (broad SMARTS) is 1. The Bertz CT molecular complexity index is 324. The van der Waals surface area contributed by atoms with Crippen molar-refractivity contribution >= 4 is 12.0 Å². The number of urea groups is 1. The highest BCUT2D eigenvalue weighted by molar-refractivity contribution is 5.74. The monoisotopic (exact) mass is 314 g/mol. The van der Waals surface area contributed by atoms with Gasteiger partial charge in [0.15, 0.2) is 0 Å². The molecule has 6 nitrogen and oxygen atoms in total. The molecule has 0 bridgehead atoms. The first-order valence-electron chi connectivity index (χ1n) is 6.68. The summed E-state index contributed by atoms with van der Waals surface area (Å²) in [5.74, 6) is -0.866. The minimum atomic E-state index is -4.51. The number of carbonyl (C=O) groups is 2. The van der Waals surface area contributed by atoms with Crippen LogP contribution in [0.15, 0.2) is 0 Å². The van der Waals surface area contributed by atoms with E-state index in [1.165, 1.54) is 0 Å². The van der Waals surface area contributed by atoms with E-state index in [-0.39, 0.29) is 19.5 Å². The van der Waals surface area contributed by atoms with Crippen molar-refractivity contribution in [1.82, 2.24) is 10.2 Å². The summed E-state index contributed by atoms with van der Waals surface area (Å²) in [6.07, 6.45) is -1.96. The van der Waals surface area contributed by atoms with E-state index >= 15 is 0 Å². The molecule has 0 unspecified atom stereocenters. The summed E-state index contributed by atoms with van der Waals surface area (Å²) in [7, 11) is 0. The maximum atomic E-state index is 12.2. The first kappa shape index (κ1) is 19.5. The largest absolute Gasteiger partial charge is 0.481 e. The van der Waals surface area contributed by atoms with Gasteiger partial charge in [-0.3, -0.25) is 4.79 Å². The molecule has 2 amide bonds. The number of unbranched alkanes of at least 4 members (excludes halogenated alkanes) is 3. The fourth-order valence-electron chi connectivity index (χ4n) is 1.65. The summed E-state index contributed by atoms with van der Waals surface area (Å²) in [5, 5.41) is 19.4. The summed E-state index contributed by atoms with van der Waals surface area (Å²) < 4.78 is 36.7. The molecule has 0 radical (unpaired) electrons. The lowest BCUT2D eigenvalue weighted by molar-refractivity contribution is -0.140. The Morgan fingerprint density at radius 2 is 1.71 bits per heavy atom. The van der Waals surface area contributed by atoms with Crippen molar-refractivity contribution in [2.75, 3.05) is 26.2 Å². The second-order valence-electron chi connectivity index (χ2n) is 4.55. The Morgan fingerprint density at radius 3 is 2.24 bits per heavy atom. The minimum absolute atomic E-state index is 0.0855. The third-order valence-electron chi connectivity index (χ3n) is 2.62. The average molecular weight is 314 g/mol. The van der Waals surface area contributed by atoms with E-state index in [2.05, 4.69) is 5.32 Å². The van der Waals surface area contributed by atoms with E-state index in [4.69, 9.17) is 10.2 Å². The first-order valence-corrected chi connectivity index (χ1v) is 6.68. The van der Waals surface area contributed by atoms with Gasteiger partial charge in [0, 0.05) is 19.5 Å². The zero-order valence-electron chi connectivity index (χ0n) is 11.7. The maximum absolute atomic E-state index is 12.2. The Labute approximate surface area is 120 Å². The number of carboxylic acids is 1. The fraction of sp³-hybridized carbons (Fsp3) is 0.833. The molecule has 0 atom stereocenters. The van der Waals surface area contributed by atoms with Crippen molar-refractivity contribution in [3.8, 4) is 0 Å². The summed E-state index contributed by atoms with van der Waals surface area (Å²) in [4.78, 5) is 22.3. The van der Waals surface area contributed by atoms with Gasteiger partial charge in [-0.05, 0) is 12.8 Å².